The van der Waals surface area contributed by atoms with Crippen molar-refractivity contribution >= 4 is 17.5 Å². The van der Waals surface area contributed by atoms with Gasteiger partial charge in [0.15, 0.2) is 12.6 Å². The summed E-state index contributed by atoms with van der Waals surface area (Å²) in [6.45, 7) is 13.1. The number of rotatable bonds is 19. The van der Waals surface area contributed by atoms with Gasteiger partial charge in [0.25, 0.3) is 0 Å². The van der Waals surface area contributed by atoms with Crippen molar-refractivity contribution in [2.75, 3.05) is 32.9 Å². The molecule has 6 nitrogen and oxygen atoms in total. The third kappa shape index (κ3) is 12.7. The van der Waals surface area contributed by atoms with E-state index in [0.29, 0.717) is 45.2 Å². The van der Waals surface area contributed by atoms with E-state index < -0.39 is 11.7 Å². The molecule has 0 N–H and O–H groups in total. The van der Waals surface area contributed by atoms with E-state index in [1.54, 1.807) is 11.8 Å². The molecule has 3 atom stereocenters. The van der Waals surface area contributed by atoms with Crippen molar-refractivity contribution in [2.24, 2.45) is 5.92 Å². The van der Waals surface area contributed by atoms with Crippen molar-refractivity contribution in [3.05, 3.63) is 0 Å². The topological polar surface area (TPSA) is 57.2 Å². The van der Waals surface area contributed by atoms with E-state index in [9.17, 15) is 4.79 Å². The lowest BCUT2D eigenvalue weighted by Crippen LogP contribution is -2.44. The minimum atomic E-state index is -0.599. The first-order valence-corrected chi connectivity index (χ1v) is 13.3. The van der Waals surface area contributed by atoms with Gasteiger partial charge >= 0.3 is 0 Å². The van der Waals surface area contributed by atoms with E-state index in [0.717, 1.165) is 25.7 Å². The molecule has 1 rings (SSSR count). The summed E-state index contributed by atoms with van der Waals surface area (Å²) >= 11 is 6.15. The van der Waals surface area contributed by atoms with Crippen molar-refractivity contribution in [1.29, 1.82) is 0 Å². The maximum Gasteiger partial charge on any atom is 0.240 e. The molecule has 1 saturated heterocycles. The molecular weight excluding hydrogens is 430 g/mol. The summed E-state index contributed by atoms with van der Waals surface area (Å²) in [5.74, 6) is 0.298. The maximum atomic E-state index is 12.8. The predicted octanol–water partition coefficient (Wildman–Crippen LogP) is 5.75. The van der Waals surface area contributed by atoms with E-state index in [2.05, 4.69) is 27.7 Å². The van der Waals surface area contributed by atoms with Gasteiger partial charge in [-0.3, -0.25) is 4.79 Å². The van der Waals surface area contributed by atoms with Crippen LogP contribution in [0.3, 0.4) is 0 Å². The summed E-state index contributed by atoms with van der Waals surface area (Å²) in [7, 11) is 0. The van der Waals surface area contributed by atoms with E-state index in [-0.39, 0.29) is 18.3 Å². The molecule has 0 bridgehead atoms. The summed E-state index contributed by atoms with van der Waals surface area (Å²) in [6.07, 6.45) is 9.10. The Morgan fingerprint density at radius 2 is 1.59 bits per heavy atom. The summed E-state index contributed by atoms with van der Waals surface area (Å²) in [6, 6.07) is 0. The fourth-order valence-electron chi connectivity index (χ4n) is 3.60. The molecule has 0 aliphatic carbocycles. The lowest BCUT2D eigenvalue weighted by atomic mass is 10.1. The van der Waals surface area contributed by atoms with Crippen molar-refractivity contribution in [3.63, 3.8) is 0 Å². The van der Waals surface area contributed by atoms with Gasteiger partial charge in [-0.15, -0.1) is 11.6 Å². The molecule has 3 unspecified atom stereocenters. The van der Waals surface area contributed by atoms with Crippen LogP contribution in [-0.4, -0.2) is 67.8 Å². The lowest BCUT2D eigenvalue weighted by Gasteiger charge is -2.29. The number of alkyl halides is 1. The average molecular weight is 478 g/mol. The zero-order chi connectivity index (χ0) is 23.8. The number of nitrogens with zero attached hydrogens (tertiary/aromatic N) is 1. The fourth-order valence-corrected chi connectivity index (χ4v) is 3.74. The van der Waals surface area contributed by atoms with Gasteiger partial charge in [-0.2, -0.15) is 0 Å². The summed E-state index contributed by atoms with van der Waals surface area (Å²) in [5.41, 5.74) is 0. The Kier molecular flexibility index (Phi) is 16.7. The quantitative estimate of drug-likeness (QED) is 0.135. The Morgan fingerprint density at radius 1 is 1.00 bits per heavy atom. The SMILES string of the molecule is CCCCCCOC(CN(CCC1OCC(C(C)C)O1)C(=O)C(C)Cl)OCCCCCC. The Balaban J connectivity index is 2.62. The molecule has 7 heteroatoms. The number of unbranched alkanes of at least 4 members (excludes halogenated alkanes) is 6. The highest BCUT2D eigenvalue weighted by molar-refractivity contribution is 6.30. The monoisotopic (exact) mass is 477 g/mol. The van der Waals surface area contributed by atoms with Crippen molar-refractivity contribution in [3.8, 4) is 0 Å². The van der Waals surface area contributed by atoms with Crippen LogP contribution in [0, 0.1) is 5.92 Å². The Hall–Kier alpha value is -0.400. The van der Waals surface area contributed by atoms with E-state index in [1.807, 2.05) is 0 Å². The number of hydrogen-bond acceptors (Lipinski definition) is 5. The van der Waals surface area contributed by atoms with Gasteiger partial charge in [0.1, 0.15) is 5.38 Å². The first-order valence-electron chi connectivity index (χ1n) is 12.8. The van der Waals surface area contributed by atoms with Gasteiger partial charge in [0.05, 0.1) is 19.3 Å². The second kappa shape index (κ2) is 18.0. The number of amides is 1. The van der Waals surface area contributed by atoms with Crippen LogP contribution in [0.1, 0.15) is 92.4 Å². The molecule has 1 fully saturated rings. The molecule has 1 amide bonds. The maximum absolute atomic E-state index is 12.8. The second-order valence-corrected chi connectivity index (χ2v) is 9.82. The number of carbonyl (C=O) groups is 1. The molecular formula is C25H48ClNO5. The highest BCUT2D eigenvalue weighted by Gasteiger charge is 2.30. The molecule has 190 valence electrons. The van der Waals surface area contributed by atoms with Crippen molar-refractivity contribution in [1.82, 2.24) is 4.90 Å². The average Bonchev–Trinajstić information content (AvgIpc) is 3.24. The minimum Gasteiger partial charge on any atom is -0.351 e. The number of carbonyl (C=O) groups excluding carboxylic acids is 1. The normalized spacial score (nSPS) is 19.8. The molecule has 1 aliphatic heterocycles. The molecule has 0 saturated carbocycles. The van der Waals surface area contributed by atoms with Gasteiger partial charge in [-0.05, 0) is 25.7 Å². The zero-order valence-corrected chi connectivity index (χ0v) is 21.9. The molecule has 0 aromatic carbocycles. The van der Waals surface area contributed by atoms with Crippen LogP contribution in [0.2, 0.25) is 0 Å². The van der Waals surface area contributed by atoms with Crippen LogP contribution in [0.4, 0.5) is 0 Å². The second-order valence-electron chi connectivity index (χ2n) is 9.16. The molecule has 1 heterocycles. The highest BCUT2D eigenvalue weighted by atomic mass is 35.5. The van der Waals surface area contributed by atoms with Gasteiger partial charge in [0, 0.05) is 26.2 Å². The van der Waals surface area contributed by atoms with Gasteiger partial charge < -0.3 is 23.8 Å². The largest absolute Gasteiger partial charge is 0.351 e. The number of halogens is 1. The number of hydrogen-bond donors (Lipinski definition) is 0. The van der Waals surface area contributed by atoms with Crippen LogP contribution >= 0.6 is 11.6 Å². The predicted molar refractivity (Wildman–Crippen MR) is 130 cm³/mol. The lowest BCUT2D eigenvalue weighted by molar-refractivity contribution is -0.165. The van der Waals surface area contributed by atoms with Crippen molar-refractivity contribution < 1.29 is 23.7 Å². The molecule has 0 radical (unpaired) electrons. The van der Waals surface area contributed by atoms with Gasteiger partial charge in [0.2, 0.25) is 5.91 Å². The third-order valence-electron chi connectivity index (χ3n) is 5.78. The summed E-state index contributed by atoms with van der Waals surface area (Å²) in [4.78, 5) is 14.5. The first-order chi connectivity index (χ1) is 15.4. The minimum absolute atomic E-state index is 0.112. The molecule has 32 heavy (non-hydrogen) atoms. The van der Waals surface area contributed by atoms with E-state index >= 15 is 0 Å². The molecule has 1 aliphatic rings. The molecule has 0 aromatic heterocycles. The highest BCUT2D eigenvalue weighted by Crippen LogP contribution is 2.21. The van der Waals surface area contributed by atoms with Crippen molar-refractivity contribution in [2.45, 2.75) is 116 Å². The van der Waals surface area contributed by atoms with E-state index in [1.165, 1.54) is 25.7 Å². The summed E-state index contributed by atoms with van der Waals surface area (Å²) < 4.78 is 23.8. The zero-order valence-electron chi connectivity index (χ0n) is 21.2. The standard InChI is InChI=1S/C25H48ClNO5/c1-6-8-10-12-16-29-24(30-17-13-11-9-7-2)18-27(25(28)21(5)26)15-14-23-31-19-22(32-23)20(3)4/h20-24H,6-19H2,1-5H3. The van der Waals surface area contributed by atoms with Crippen LogP contribution in [0.15, 0.2) is 0 Å². The fraction of sp³-hybridized carbons (Fsp3) is 0.960. The van der Waals surface area contributed by atoms with E-state index in [4.69, 9.17) is 30.5 Å². The number of ether oxygens (including phenoxy) is 4. The van der Waals surface area contributed by atoms with Crippen LogP contribution in [-0.2, 0) is 23.7 Å². The van der Waals surface area contributed by atoms with Crippen LogP contribution in [0.5, 0.6) is 0 Å². The van der Waals surface area contributed by atoms with Crippen LogP contribution in [0.25, 0.3) is 0 Å². The molecule has 0 spiro atoms. The summed E-state index contributed by atoms with van der Waals surface area (Å²) in [5, 5.41) is -0.599. The Morgan fingerprint density at radius 3 is 2.06 bits per heavy atom. The first kappa shape index (κ1) is 29.6. The Labute approximate surface area is 201 Å². The Bertz CT molecular complexity index is 463. The van der Waals surface area contributed by atoms with Gasteiger partial charge in [-0.1, -0.05) is 66.2 Å². The smallest absolute Gasteiger partial charge is 0.240 e. The van der Waals surface area contributed by atoms with Crippen LogP contribution < -0.4 is 0 Å². The van der Waals surface area contributed by atoms with Gasteiger partial charge in [-0.25, -0.2) is 0 Å². The molecule has 0 aromatic rings. The third-order valence-corrected chi connectivity index (χ3v) is 5.96.